The van der Waals surface area contributed by atoms with E-state index < -0.39 is 6.10 Å². The van der Waals surface area contributed by atoms with E-state index in [0.717, 1.165) is 17.1 Å². The van der Waals surface area contributed by atoms with Gasteiger partial charge in [0.25, 0.3) is 0 Å². The number of hydrogen-bond donors (Lipinski definition) is 1. The monoisotopic (exact) mass is 288 g/mol. The Morgan fingerprint density at radius 3 is 2.29 bits per heavy atom. The van der Waals surface area contributed by atoms with Crippen LogP contribution < -0.4 is 9.47 Å². The summed E-state index contributed by atoms with van der Waals surface area (Å²) >= 11 is 0. The molecular weight excluding hydrogens is 268 g/mol. The second-order valence-corrected chi connectivity index (χ2v) is 4.64. The Labute approximate surface area is 124 Å². The average Bonchev–Trinajstić information content (AvgIpc) is 2.54. The Hall–Kier alpha value is -2.04. The van der Waals surface area contributed by atoms with Gasteiger partial charge in [0.15, 0.2) is 0 Å². The lowest BCUT2D eigenvalue weighted by Crippen LogP contribution is -2.23. The molecule has 0 heterocycles. The molecule has 112 valence electrons. The largest absolute Gasteiger partial charge is 0.497 e. The number of aliphatic hydroxyl groups is 1. The van der Waals surface area contributed by atoms with Crippen molar-refractivity contribution in [2.75, 3.05) is 20.3 Å². The predicted molar refractivity (Wildman–Crippen MR) is 80.6 cm³/mol. The molecule has 0 bridgehead atoms. The van der Waals surface area contributed by atoms with Gasteiger partial charge >= 0.3 is 0 Å². The van der Waals surface area contributed by atoms with Crippen molar-refractivity contribution in [3.8, 4) is 11.5 Å². The van der Waals surface area contributed by atoms with Crippen molar-refractivity contribution in [3.63, 3.8) is 0 Å². The van der Waals surface area contributed by atoms with E-state index >= 15 is 0 Å². The third-order valence-electron chi connectivity index (χ3n) is 2.92. The molecule has 1 atom stereocenters. The molecule has 0 aliphatic carbocycles. The van der Waals surface area contributed by atoms with E-state index in [2.05, 4.69) is 0 Å². The van der Waals surface area contributed by atoms with Gasteiger partial charge in [0, 0.05) is 0 Å². The fourth-order valence-electron chi connectivity index (χ4n) is 1.79. The molecule has 2 rings (SSSR count). The number of hydrogen-bond acceptors (Lipinski definition) is 4. The van der Waals surface area contributed by atoms with Crippen LogP contribution in [0.15, 0.2) is 54.6 Å². The molecule has 0 saturated heterocycles. The van der Waals surface area contributed by atoms with Gasteiger partial charge in [-0.15, -0.1) is 0 Å². The van der Waals surface area contributed by atoms with Crippen molar-refractivity contribution >= 4 is 0 Å². The van der Waals surface area contributed by atoms with Gasteiger partial charge in [0.1, 0.15) is 24.2 Å². The molecule has 4 heteroatoms. The zero-order valence-electron chi connectivity index (χ0n) is 12.1. The summed E-state index contributed by atoms with van der Waals surface area (Å²) in [5.74, 6) is 1.56. The van der Waals surface area contributed by atoms with E-state index in [9.17, 15) is 5.11 Å². The lowest BCUT2D eigenvalue weighted by atomic mass is 10.2. The maximum atomic E-state index is 9.80. The first kappa shape index (κ1) is 15.4. The third-order valence-corrected chi connectivity index (χ3v) is 2.92. The topological polar surface area (TPSA) is 47.9 Å². The molecule has 0 aromatic heterocycles. The fraction of sp³-hybridized carbons (Fsp3) is 0.294. The first-order chi connectivity index (χ1) is 10.3. The number of methoxy groups -OCH3 is 1. The normalized spacial score (nSPS) is 11.9. The predicted octanol–water partition coefficient (Wildman–Crippen LogP) is 2.65. The van der Waals surface area contributed by atoms with Gasteiger partial charge in [-0.1, -0.05) is 30.3 Å². The molecule has 2 aromatic carbocycles. The Bertz CT molecular complexity index is 510. The standard InChI is InChI=1S/C17H20O4/c1-19-16-9-7-14(8-10-16)11-20-12-15(18)13-21-17-5-3-2-4-6-17/h2-10,15,18H,11-13H2,1H3. The van der Waals surface area contributed by atoms with Gasteiger partial charge in [-0.2, -0.15) is 0 Å². The third kappa shape index (κ3) is 5.45. The molecule has 1 unspecified atom stereocenters. The quantitative estimate of drug-likeness (QED) is 0.811. The number of rotatable bonds is 8. The van der Waals surface area contributed by atoms with Crippen LogP contribution in [-0.4, -0.2) is 31.5 Å². The van der Waals surface area contributed by atoms with Crippen molar-refractivity contribution in [3.05, 3.63) is 60.2 Å². The number of para-hydroxylation sites is 1. The summed E-state index contributed by atoms with van der Waals surface area (Å²) in [4.78, 5) is 0. The lowest BCUT2D eigenvalue weighted by molar-refractivity contribution is 0.00548. The molecule has 0 fully saturated rings. The summed E-state index contributed by atoms with van der Waals surface area (Å²) in [6.07, 6.45) is -0.650. The minimum atomic E-state index is -0.650. The van der Waals surface area contributed by atoms with Crippen molar-refractivity contribution in [2.45, 2.75) is 12.7 Å². The minimum Gasteiger partial charge on any atom is -0.497 e. The lowest BCUT2D eigenvalue weighted by Gasteiger charge is -2.13. The highest BCUT2D eigenvalue weighted by molar-refractivity contribution is 5.26. The molecular formula is C17H20O4. The van der Waals surface area contributed by atoms with Crippen LogP contribution in [-0.2, 0) is 11.3 Å². The van der Waals surface area contributed by atoms with Gasteiger partial charge in [0.2, 0.25) is 0 Å². The van der Waals surface area contributed by atoms with Crippen molar-refractivity contribution in [1.29, 1.82) is 0 Å². The maximum Gasteiger partial charge on any atom is 0.119 e. The van der Waals surface area contributed by atoms with E-state index in [-0.39, 0.29) is 13.2 Å². The van der Waals surface area contributed by atoms with Crippen LogP contribution in [0, 0.1) is 0 Å². The van der Waals surface area contributed by atoms with Gasteiger partial charge in [-0.05, 0) is 29.8 Å². The summed E-state index contributed by atoms with van der Waals surface area (Å²) in [7, 11) is 1.63. The minimum absolute atomic E-state index is 0.215. The van der Waals surface area contributed by atoms with Gasteiger partial charge in [-0.3, -0.25) is 0 Å². The molecule has 0 radical (unpaired) electrons. The highest BCUT2D eigenvalue weighted by atomic mass is 16.5. The molecule has 4 nitrogen and oxygen atoms in total. The van der Waals surface area contributed by atoms with Crippen LogP contribution in [0.25, 0.3) is 0 Å². The second-order valence-electron chi connectivity index (χ2n) is 4.64. The first-order valence-corrected chi connectivity index (χ1v) is 6.84. The summed E-state index contributed by atoms with van der Waals surface area (Å²) in [6.45, 7) is 0.901. The molecule has 0 amide bonds. The number of aliphatic hydroxyl groups excluding tert-OH is 1. The summed E-state index contributed by atoms with van der Waals surface area (Å²) < 4.78 is 16.0. The first-order valence-electron chi connectivity index (χ1n) is 6.84. The van der Waals surface area contributed by atoms with Crippen molar-refractivity contribution < 1.29 is 19.3 Å². The van der Waals surface area contributed by atoms with Crippen LogP contribution in [0.3, 0.4) is 0 Å². The number of ether oxygens (including phenoxy) is 3. The Morgan fingerprint density at radius 2 is 1.62 bits per heavy atom. The highest BCUT2D eigenvalue weighted by Gasteiger charge is 2.05. The summed E-state index contributed by atoms with van der Waals surface area (Å²) in [5.41, 5.74) is 1.03. The highest BCUT2D eigenvalue weighted by Crippen LogP contribution is 2.12. The number of benzene rings is 2. The molecule has 0 saturated carbocycles. The van der Waals surface area contributed by atoms with Crippen LogP contribution >= 0.6 is 0 Å². The zero-order valence-corrected chi connectivity index (χ0v) is 12.1. The fourth-order valence-corrected chi connectivity index (χ4v) is 1.79. The molecule has 0 aliphatic rings. The van der Waals surface area contributed by atoms with Crippen LogP contribution in [0.2, 0.25) is 0 Å². The van der Waals surface area contributed by atoms with E-state index in [1.54, 1.807) is 7.11 Å². The van der Waals surface area contributed by atoms with Gasteiger partial charge in [-0.25, -0.2) is 0 Å². The Morgan fingerprint density at radius 1 is 0.905 bits per heavy atom. The Balaban J connectivity index is 1.65. The molecule has 21 heavy (non-hydrogen) atoms. The summed E-state index contributed by atoms with van der Waals surface area (Å²) in [5, 5.41) is 9.80. The van der Waals surface area contributed by atoms with E-state index in [1.807, 2.05) is 54.6 Å². The van der Waals surface area contributed by atoms with Crippen molar-refractivity contribution in [1.82, 2.24) is 0 Å². The second kappa shape index (κ2) is 8.29. The van der Waals surface area contributed by atoms with Crippen molar-refractivity contribution in [2.24, 2.45) is 0 Å². The SMILES string of the molecule is COc1ccc(COCC(O)COc2ccccc2)cc1. The average molecular weight is 288 g/mol. The van der Waals surface area contributed by atoms with Crippen LogP contribution in [0.1, 0.15) is 5.56 Å². The molecule has 0 spiro atoms. The van der Waals surface area contributed by atoms with Crippen LogP contribution in [0.4, 0.5) is 0 Å². The van der Waals surface area contributed by atoms with E-state index in [0.29, 0.717) is 6.61 Å². The molecule has 0 aliphatic heterocycles. The zero-order chi connectivity index (χ0) is 14.9. The maximum absolute atomic E-state index is 9.80. The summed E-state index contributed by atoms with van der Waals surface area (Å²) in [6, 6.07) is 17.0. The van der Waals surface area contributed by atoms with Crippen LogP contribution in [0.5, 0.6) is 11.5 Å². The Kier molecular flexibility index (Phi) is 6.06. The smallest absolute Gasteiger partial charge is 0.119 e. The van der Waals surface area contributed by atoms with Gasteiger partial charge < -0.3 is 19.3 Å². The van der Waals surface area contributed by atoms with E-state index in [4.69, 9.17) is 14.2 Å². The molecule has 2 aromatic rings. The van der Waals surface area contributed by atoms with E-state index in [1.165, 1.54) is 0 Å². The molecule has 1 N–H and O–H groups in total. The van der Waals surface area contributed by atoms with Gasteiger partial charge in [0.05, 0.1) is 20.3 Å².